The molecule has 6 heteroatoms. The second kappa shape index (κ2) is 5.82. The molecule has 1 atom stereocenters. The third-order valence-corrected chi connectivity index (χ3v) is 5.36. The van der Waals surface area contributed by atoms with Gasteiger partial charge in [-0.25, -0.2) is 8.78 Å². The highest BCUT2D eigenvalue weighted by Crippen LogP contribution is 2.27. The van der Waals surface area contributed by atoms with E-state index in [4.69, 9.17) is 5.73 Å². The summed E-state index contributed by atoms with van der Waals surface area (Å²) in [5.41, 5.74) is 5.96. The van der Waals surface area contributed by atoms with Crippen molar-refractivity contribution < 1.29 is 8.78 Å². The molecule has 0 aromatic heterocycles. The van der Waals surface area contributed by atoms with Crippen molar-refractivity contribution in [2.45, 2.75) is 5.25 Å². The molecule has 2 rings (SSSR count). The van der Waals surface area contributed by atoms with Crippen LogP contribution >= 0.6 is 23.5 Å². The van der Waals surface area contributed by atoms with Gasteiger partial charge in [-0.2, -0.15) is 23.5 Å². The highest BCUT2D eigenvalue weighted by Gasteiger charge is 2.16. The lowest BCUT2D eigenvalue weighted by Crippen LogP contribution is -2.24. The van der Waals surface area contributed by atoms with E-state index < -0.39 is 11.6 Å². The molecule has 2 nitrogen and oxygen atoms in total. The van der Waals surface area contributed by atoms with E-state index in [1.165, 1.54) is 6.07 Å². The number of nitrogen functional groups attached to an aromatic ring is 1. The van der Waals surface area contributed by atoms with Crippen LogP contribution in [0.2, 0.25) is 0 Å². The van der Waals surface area contributed by atoms with Crippen LogP contribution in [0.3, 0.4) is 0 Å². The first kappa shape index (κ1) is 12.8. The largest absolute Gasteiger partial charge is 0.397 e. The molecule has 17 heavy (non-hydrogen) atoms. The lowest BCUT2D eigenvalue weighted by Gasteiger charge is -2.22. The highest BCUT2D eigenvalue weighted by atomic mass is 32.2. The SMILES string of the molecule is Nc1ccc(F)c(F)c1NCC1CSCCS1. The minimum absolute atomic E-state index is 0.0844. The summed E-state index contributed by atoms with van der Waals surface area (Å²) in [6.45, 7) is 0.613. The first-order valence-corrected chi connectivity index (χ1v) is 7.55. The maximum Gasteiger partial charge on any atom is 0.183 e. The summed E-state index contributed by atoms with van der Waals surface area (Å²) in [6, 6.07) is 2.42. The fourth-order valence-corrected chi connectivity index (χ4v) is 4.23. The molecule has 0 spiro atoms. The van der Waals surface area contributed by atoms with Gasteiger partial charge in [0.2, 0.25) is 0 Å². The summed E-state index contributed by atoms with van der Waals surface area (Å²) in [4.78, 5) is 0. The van der Waals surface area contributed by atoms with Crippen LogP contribution in [0, 0.1) is 11.6 Å². The van der Waals surface area contributed by atoms with Gasteiger partial charge in [0, 0.05) is 29.1 Å². The second-order valence-electron chi connectivity index (χ2n) is 3.77. The molecule has 1 aromatic carbocycles. The Morgan fingerprint density at radius 3 is 2.88 bits per heavy atom. The monoisotopic (exact) mass is 276 g/mol. The predicted octanol–water partition coefficient (Wildman–Crippen LogP) is 2.81. The summed E-state index contributed by atoms with van der Waals surface area (Å²) in [6.07, 6.45) is 0. The zero-order valence-electron chi connectivity index (χ0n) is 9.21. The van der Waals surface area contributed by atoms with Gasteiger partial charge in [0.25, 0.3) is 0 Å². The molecule has 1 aromatic rings. The lowest BCUT2D eigenvalue weighted by molar-refractivity contribution is 0.511. The van der Waals surface area contributed by atoms with Gasteiger partial charge >= 0.3 is 0 Å². The number of benzene rings is 1. The molecular weight excluding hydrogens is 262 g/mol. The molecule has 3 N–H and O–H groups in total. The first-order chi connectivity index (χ1) is 8.18. The van der Waals surface area contributed by atoms with Crippen molar-refractivity contribution in [2.24, 2.45) is 0 Å². The van der Waals surface area contributed by atoms with Crippen LogP contribution in [0.15, 0.2) is 12.1 Å². The molecule has 0 saturated carbocycles. The second-order valence-corrected chi connectivity index (χ2v) is 6.33. The lowest BCUT2D eigenvalue weighted by atomic mass is 10.2. The Morgan fingerprint density at radius 1 is 1.35 bits per heavy atom. The fourth-order valence-electron chi connectivity index (χ4n) is 1.62. The molecular formula is C11H14F2N2S2. The predicted molar refractivity (Wildman–Crippen MR) is 72.8 cm³/mol. The Balaban J connectivity index is 2.00. The topological polar surface area (TPSA) is 38.0 Å². The summed E-state index contributed by atoms with van der Waals surface area (Å²) < 4.78 is 26.5. The number of nitrogens with one attached hydrogen (secondary N) is 1. The van der Waals surface area contributed by atoms with Gasteiger partial charge in [-0.3, -0.25) is 0 Å². The van der Waals surface area contributed by atoms with Crippen molar-refractivity contribution in [3.63, 3.8) is 0 Å². The van der Waals surface area contributed by atoms with E-state index in [0.29, 0.717) is 11.8 Å². The summed E-state index contributed by atoms with van der Waals surface area (Å²) in [5, 5.41) is 3.34. The summed E-state index contributed by atoms with van der Waals surface area (Å²) in [5.74, 6) is 1.55. The number of thioether (sulfide) groups is 2. The highest BCUT2D eigenvalue weighted by molar-refractivity contribution is 8.06. The molecule has 0 radical (unpaired) electrons. The van der Waals surface area contributed by atoms with Crippen molar-refractivity contribution in [1.82, 2.24) is 0 Å². The third kappa shape index (κ3) is 3.19. The van der Waals surface area contributed by atoms with Gasteiger partial charge in [-0.05, 0) is 12.1 Å². The molecule has 1 aliphatic rings. The Hall–Kier alpha value is -0.620. The van der Waals surface area contributed by atoms with Crippen molar-refractivity contribution in [2.75, 3.05) is 34.9 Å². The van der Waals surface area contributed by atoms with Gasteiger partial charge in [0.05, 0.1) is 11.4 Å². The summed E-state index contributed by atoms with van der Waals surface area (Å²) in [7, 11) is 0. The van der Waals surface area contributed by atoms with E-state index in [2.05, 4.69) is 5.32 Å². The van der Waals surface area contributed by atoms with E-state index in [9.17, 15) is 8.78 Å². The molecule has 94 valence electrons. The number of hydrogen-bond donors (Lipinski definition) is 2. The molecule has 1 aliphatic heterocycles. The molecule has 0 aliphatic carbocycles. The van der Waals surface area contributed by atoms with Crippen LogP contribution in [-0.4, -0.2) is 29.1 Å². The van der Waals surface area contributed by atoms with E-state index in [1.54, 1.807) is 0 Å². The Bertz CT molecular complexity index is 395. The van der Waals surface area contributed by atoms with Crippen molar-refractivity contribution in [1.29, 1.82) is 0 Å². The molecule has 1 fully saturated rings. The number of nitrogens with two attached hydrogens (primary N) is 1. The molecule has 0 bridgehead atoms. The number of anilines is 2. The van der Waals surface area contributed by atoms with Gasteiger partial charge < -0.3 is 11.1 Å². The van der Waals surface area contributed by atoms with Crippen LogP contribution in [0.4, 0.5) is 20.2 Å². The van der Waals surface area contributed by atoms with Crippen LogP contribution in [0.1, 0.15) is 0 Å². The van der Waals surface area contributed by atoms with E-state index >= 15 is 0 Å². The van der Waals surface area contributed by atoms with Crippen molar-refractivity contribution in [3.05, 3.63) is 23.8 Å². The Labute approximate surface area is 108 Å². The average Bonchev–Trinajstić information content (AvgIpc) is 2.35. The maximum absolute atomic E-state index is 13.5. The summed E-state index contributed by atoms with van der Waals surface area (Å²) >= 11 is 3.75. The standard InChI is InChI=1S/C11H14F2N2S2/c12-8-1-2-9(14)11(10(8)13)15-5-7-6-16-3-4-17-7/h1-2,7,15H,3-6,14H2. The fraction of sp³-hybridized carbons (Fsp3) is 0.455. The van der Waals surface area contributed by atoms with E-state index in [1.807, 2.05) is 23.5 Å². The molecule has 1 heterocycles. The minimum Gasteiger partial charge on any atom is -0.397 e. The van der Waals surface area contributed by atoms with Gasteiger partial charge in [0.15, 0.2) is 11.6 Å². The quantitative estimate of drug-likeness (QED) is 0.833. The van der Waals surface area contributed by atoms with Crippen molar-refractivity contribution in [3.8, 4) is 0 Å². The van der Waals surface area contributed by atoms with E-state index in [-0.39, 0.29) is 11.4 Å². The molecule has 1 saturated heterocycles. The third-order valence-electron chi connectivity index (χ3n) is 2.52. The zero-order valence-corrected chi connectivity index (χ0v) is 10.8. The molecule has 1 unspecified atom stereocenters. The van der Waals surface area contributed by atoms with Gasteiger partial charge in [-0.15, -0.1) is 0 Å². The van der Waals surface area contributed by atoms with Gasteiger partial charge in [0.1, 0.15) is 0 Å². The maximum atomic E-state index is 13.5. The van der Waals surface area contributed by atoms with Crippen LogP contribution in [0.5, 0.6) is 0 Å². The molecule has 0 amide bonds. The smallest absolute Gasteiger partial charge is 0.183 e. The zero-order chi connectivity index (χ0) is 12.3. The minimum atomic E-state index is -0.890. The Morgan fingerprint density at radius 2 is 2.18 bits per heavy atom. The van der Waals surface area contributed by atoms with Crippen LogP contribution < -0.4 is 11.1 Å². The first-order valence-electron chi connectivity index (χ1n) is 5.35. The Kier molecular flexibility index (Phi) is 4.39. The number of rotatable bonds is 3. The number of hydrogen-bond acceptors (Lipinski definition) is 4. The van der Waals surface area contributed by atoms with E-state index in [0.717, 1.165) is 23.3 Å². The van der Waals surface area contributed by atoms with Crippen molar-refractivity contribution >= 4 is 34.9 Å². The van der Waals surface area contributed by atoms with Crippen LogP contribution in [0.25, 0.3) is 0 Å². The normalized spacial score (nSPS) is 20.2. The number of halogens is 2. The van der Waals surface area contributed by atoms with Crippen LogP contribution in [-0.2, 0) is 0 Å². The average molecular weight is 276 g/mol. The van der Waals surface area contributed by atoms with Gasteiger partial charge in [-0.1, -0.05) is 0 Å².